The van der Waals surface area contributed by atoms with Gasteiger partial charge in [0.1, 0.15) is 0 Å². The zero-order valence-corrected chi connectivity index (χ0v) is 17.7. The predicted molar refractivity (Wildman–Crippen MR) is 111 cm³/mol. The average molecular weight is 422 g/mol. The molecule has 2 amide bonds. The summed E-state index contributed by atoms with van der Waals surface area (Å²) in [6.07, 6.45) is 7.19. The van der Waals surface area contributed by atoms with Crippen LogP contribution in [-0.4, -0.2) is 61.7 Å². The van der Waals surface area contributed by atoms with Crippen LogP contribution in [0, 0.1) is 0 Å². The molecule has 1 N–H and O–H groups in total. The van der Waals surface area contributed by atoms with Gasteiger partial charge in [0, 0.05) is 45.1 Å². The van der Waals surface area contributed by atoms with Gasteiger partial charge in [0.05, 0.1) is 4.90 Å². The highest BCUT2D eigenvalue weighted by molar-refractivity contribution is 7.89. The van der Waals surface area contributed by atoms with Gasteiger partial charge in [-0.25, -0.2) is 8.42 Å². The van der Waals surface area contributed by atoms with Crippen LogP contribution in [0.25, 0.3) is 0 Å². The summed E-state index contributed by atoms with van der Waals surface area (Å²) in [7, 11) is -3.53. The van der Waals surface area contributed by atoms with E-state index in [1.165, 1.54) is 17.1 Å². The summed E-state index contributed by atoms with van der Waals surface area (Å²) < 4.78 is 26.7. The van der Waals surface area contributed by atoms with Crippen LogP contribution in [0.2, 0.25) is 0 Å². The lowest BCUT2D eigenvalue weighted by atomic mass is 10.1. The second-order valence-corrected chi connectivity index (χ2v) is 9.79. The summed E-state index contributed by atoms with van der Waals surface area (Å²) in [5.74, 6) is -0.145. The van der Waals surface area contributed by atoms with E-state index in [1.54, 1.807) is 35.2 Å². The molecule has 0 bridgehead atoms. The van der Waals surface area contributed by atoms with Crippen LogP contribution in [-0.2, 0) is 19.6 Å². The summed E-state index contributed by atoms with van der Waals surface area (Å²) in [6.45, 7) is 1.26. The maximum absolute atomic E-state index is 12.7. The largest absolute Gasteiger partial charge is 0.353 e. The number of piperazine rings is 1. The molecule has 0 spiro atoms. The molecule has 1 heterocycles. The number of hydrogen-bond acceptors (Lipinski definition) is 4. The first kappa shape index (κ1) is 21.8. The van der Waals surface area contributed by atoms with Crippen LogP contribution in [0.3, 0.4) is 0 Å². The molecule has 1 saturated carbocycles. The fourth-order valence-corrected chi connectivity index (χ4v) is 5.46. The number of amides is 2. The van der Waals surface area contributed by atoms with Crippen molar-refractivity contribution in [1.82, 2.24) is 14.5 Å². The van der Waals surface area contributed by atoms with Gasteiger partial charge in [-0.1, -0.05) is 43.9 Å². The fourth-order valence-electron chi connectivity index (χ4n) is 4.02. The Hall–Kier alpha value is -1.93. The van der Waals surface area contributed by atoms with Crippen LogP contribution in [0.1, 0.15) is 51.4 Å². The van der Waals surface area contributed by atoms with Crippen molar-refractivity contribution in [3.05, 3.63) is 30.3 Å². The highest BCUT2D eigenvalue weighted by Gasteiger charge is 2.30. The molecule has 29 heavy (non-hydrogen) atoms. The molecule has 2 aliphatic rings. The van der Waals surface area contributed by atoms with Gasteiger partial charge >= 0.3 is 0 Å². The Bertz CT molecular complexity index is 781. The van der Waals surface area contributed by atoms with E-state index in [-0.39, 0.29) is 48.7 Å². The summed E-state index contributed by atoms with van der Waals surface area (Å²) in [5.41, 5.74) is 0. The molecule has 160 valence electrons. The van der Waals surface area contributed by atoms with E-state index in [0.717, 1.165) is 25.7 Å². The number of nitrogens with one attached hydrogen (secondary N) is 1. The maximum atomic E-state index is 12.7. The molecule has 2 fully saturated rings. The topological polar surface area (TPSA) is 86.8 Å². The summed E-state index contributed by atoms with van der Waals surface area (Å²) in [5, 5.41) is 3.07. The first-order valence-corrected chi connectivity index (χ1v) is 12.0. The number of nitrogens with zero attached hydrogens (tertiary/aromatic N) is 2. The molecule has 3 rings (SSSR count). The summed E-state index contributed by atoms with van der Waals surface area (Å²) in [4.78, 5) is 26.6. The molecule has 0 unspecified atom stereocenters. The van der Waals surface area contributed by atoms with Crippen molar-refractivity contribution in [1.29, 1.82) is 0 Å². The SMILES string of the molecule is O=C(CCC(=O)N1CCN(S(=O)(=O)c2ccccc2)CC1)NC1CCCCCC1. The van der Waals surface area contributed by atoms with Gasteiger partial charge in [0.25, 0.3) is 0 Å². The lowest BCUT2D eigenvalue weighted by Crippen LogP contribution is -2.50. The molecule has 1 aliphatic heterocycles. The minimum atomic E-state index is -3.53. The van der Waals surface area contributed by atoms with Crippen molar-refractivity contribution in [3.63, 3.8) is 0 Å². The molecule has 1 aliphatic carbocycles. The number of benzene rings is 1. The van der Waals surface area contributed by atoms with Crippen molar-refractivity contribution in [2.45, 2.75) is 62.3 Å². The Kier molecular flexibility index (Phi) is 7.66. The second-order valence-electron chi connectivity index (χ2n) is 7.85. The van der Waals surface area contributed by atoms with Crippen molar-refractivity contribution < 1.29 is 18.0 Å². The minimum absolute atomic E-state index is 0.0597. The third kappa shape index (κ3) is 6.02. The molecule has 7 nitrogen and oxygen atoms in total. The van der Waals surface area contributed by atoms with E-state index in [9.17, 15) is 18.0 Å². The smallest absolute Gasteiger partial charge is 0.243 e. The zero-order chi connectivity index (χ0) is 20.7. The Labute approximate surface area is 173 Å². The fraction of sp³-hybridized carbons (Fsp3) is 0.619. The lowest BCUT2D eigenvalue weighted by molar-refractivity contribution is -0.134. The van der Waals surface area contributed by atoms with Crippen LogP contribution in [0.4, 0.5) is 0 Å². The van der Waals surface area contributed by atoms with Crippen LogP contribution in [0.15, 0.2) is 35.2 Å². The Morgan fingerprint density at radius 2 is 1.52 bits per heavy atom. The Morgan fingerprint density at radius 3 is 2.14 bits per heavy atom. The average Bonchev–Trinajstić information content (AvgIpc) is 3.01. The molecule has 0 radical (unpaired) electrons. The normalized spacial score (nSPS) is 19.5. The van der Waals surface area contributed by atoms with E-state index in [1.807, 2.05) is 0 Å². The molecule has 0 aromatic heterocycles. The summed E-state index contributed by atoms with van der Waals surface area (Å²) in [6, 6.07) is 8.59. The van der Waals surface area contributed by atoms with E-state index in [4.69, 9.17) is 0 Å². The van der Waals surface area contributed by atoms with Crippen molar-refractivity contribution in [3.8, 4) is 0 Å². The van der Waals surface area contributed by atoms with Gasteiger partial charge in [-0.3, -0.25) is 9.59 Å². The van der Waals surface area contributed by atoms with Gasteiger partial charge < -0.3 is 10.2 Å². The quantitative estimate of drug-likeness (QED) is 0.713. The summed E-state index contributed by atoms with van der Waals surface area (Å²) >= 11 is 0. The third-order valence-electron chi connectivity index (χ3n) is 5.76. The second kappa shape index (κ2) is 10.2. The Balaban J connectivity index is 1.42. The van der Waals surface area contributed by atoms with Crippen LogP contribution < -0.4 is 5.32 Å². The van der Waals surface area contributed by atoms with Gasteiger partial charge in [-0.05, 0) is 25.0 Å². The minimum Gasteiger partial charge on any atom is -0.353 e. The predicted octanol–water partition coefficient (Wildman–Crippen LogP) is 2.14. The monoisotopic (exact) mass is 421 g/mol. The Morgan fingerprint density at radius 1 is 0.897 bits per heavy atom. The molecular formula is C21H31N3O4S. The van der Waals surface area contributed by atoms with Crippen molar-refractivity contribution in [2.75, 3.05) is 26.2 Å². The van der Waals surface area contributed by atoms with Crippen molar-refractivity contribution in [2.24, 2.45) is 0 Å². The maximum Gasteiger partial charge on any atom is 0.243 e. The number of carbonyl (C=O) groups is 2. The van der Waals surface area contributed by atoms with E-state index < -0.39 is 10.0 Å². The highest BCUT2D eigenvalue weighted by Crippen LogP contribution is 2.19. The first-order valence-electron chi connectivity index (χ1n) is 10.6. The van der Waals surface area contributed by atoms with Crippen LogP contribution in [0.5, 0.6) is 0 Å². The van der Waals surface area contributed by atoms with Crippen LogP contribution >= 0.6 is 0 Å². The van der Waals surface area contributed by atoms with Gasteiger partial charge in [0.15, 0.2) is 0 Å². The van der Waals surface area contributed by atoms with Gasteiger partial charge in [-0.2, -0.15) is 4.31 Å². The standard InChI is InChI=1S/C21H31N3O4S/c25-20(22-18-8-4-1-2-5-9-18)12-13-21(26)23-14-16-24(17-15-23)29(27,28)19-10-6-3-7-11-19/h3,6-7,10-11,18H,1-2,4-5,8-9,12-17H2,(H,22,25). The van der Waals surface area contributed by atoms with Gasteiger partial charge in [0.2, 0.25) is 21.8 Å². The third-order valence-corrected chi connectivity index (χ3v) is 7.67. The number of carbonyl (C=O) groups excluding carboxylic acids is 2. The molecule has 1 saturated heterocycles. The van der Waals surface area contributed by atoms with E-state index in [0.29, 0.717) is 13.1 Å². The molecular weight excluding hydrogens is 390 g/mol. The van der Waals surface area contributed by atoms with E-state index >= 15 is 0 Å². The van der Waals surface area contributed by atoms with Gasteiger partial charge in [-0.15, -0.1) is 0 Å². The molecule has 8 heteroatoms. The number of hydrogen-bond donors (Lipinski definition) is 1. The van der Waals surface area contributed by atoms with E-state index in [2.05, 4.69) is 5.32 Å². The highest BCUT2D eigenvalue weighted by atomic mass is 32.2. The zero-order valence-electron chi connectivity index (χ0n) is 16.9. The number of rotatable bonds is 6. The molecule has 1 aromatic carbocycles. The first-order chi connectivity index (χ1) is 14.0. The molecule has 1 aromatic rings. The number of sulfonamides is 1. The van der Waals surface area contributed by atoms with Crippen molar-refractivity contribution >= 4 is 21.8 Å². The lowest BCUT2D eigenvalue weighted by Gasteiger charge is -2.34. The molecule has 0 atom stereocenters.